The molecule has 1 amide bonds. The second-order valence-electron chi connectivity index (χ2n) is 5.29. The van der Waals surface area contributed by atoms with E-state index in [4.69, 9.17) is 0 Å². The molecule has 0 aliphatic heterocycles. The highest BCUT2D eigenvalue weighted by atomic mass is 19.1. The van der Waals surface area contributed by atoms with Crippen molar-refractivity contribution in [2.45, 2.75) is 25.9 Å². The first-order valence-electron chi connectivity index (χ1n) is 7.13. The molecule has 0 spiro atoms. The molecule has 2 aromatic rings. The first-order valence-corrected chi connectivity index (χ1v) is 7.13. The van der Waals surface area contributed by atoms with E-state index >= 15 is 0 Å². The normalized spacial score (nSPS) is 13.5. The van der Waals surface area contributed by atoms with Crippen LogP contribution in [0.25, 0.3) is 0 Å². The Morgan fingerprint density at radius 2 is 1.77 bits per heavy atom. The Morgan fingerprint density at radius 3 is 2.41 bits per heavy atom. The van der Waals surface area contributed by atoms with Gasteiger partial charge in [-0.05, 0) is 26.0 Å². The third-order valence-corrected chi connectivity index (χ3v) is 3.51. The van der Waals surface area contributed by atoms with Gasteiger partial charge in [0.2, 0.25) is 0 Å². The van der Waals surface area contributed by atoms with Crippen LogP contribution >= 0.6 is 0 Å². The van der Waals surface area contributed by atoms with Gasteiger partial charge < -0.3 is 10.6 Å². The van der Waals surface area contributed by atoms with Gasteiger partial charge in [0.1, 0.15) is 17.7 Å². The van der Waals surface area contributed by atoms with Crippen LogP contribution in [0, 0.1) is 11.6 Å². The maximum Gasteiger partial charge on any atom is 0.282 e. The van der Waals surface area contributed by atoms with Crippen molar-refractivity contribution in [1.82, 2.24) is 0 Å². The highest BCUT2D eigenvalue weighted by Crippen LogP contribution is 2.15. The van der Waals surface area contributed by atoms with Crippen LogP contribution in [0.1, 0.15) is 25.5 Å². The predicted octanol–water partition coefficient (Wildman–Crippen LogP) is 2.62. The molecule has 3 N–H and O–H groups in total. The smallest absolute Gasteiger partial charge is 0.282 e. The van der Waals surface area contributed by atoms with E-state index in [2.05, 4.69) is 5.32 Å². The molecule has 0 radical (unpaired) electrons. The lowest BCUT2D eigenvalue weighted by Crippen LogP contribution is -2.91. The summed E-state index contributed by atoms with van der Waals surface area (Å²) in [7, 11) is 0. The van der Waals surface area contributed by atoms with Gasteiger partial charge >= 0.3 is 0 Å². The molecule has 0 aliphatic rings. The number of carbonyl (C=O) groups is 1. The number of nitrogens with two attached hydrogens (primary N) is 1. The molecule has 0 aromatic heterocycles. The number of halogens is 2. The molecule has 5 heteroatoms. The van der Waals surface area contributed by atoms with Crippen LogP contribution in [0.5, 0.6) is 0 Å². The summed E-state index contributed by atoms with van der Waals surface area (Å²) >= 11 is 0. The van der Waals surface area contributed by atoms with Crippen molar-refractivity contribution < 1.29 is 18.9 Å². The van der Waals surface area contributed by atoms with E-state index in [0.717, 1.165) is 17.7 Å². The molecule has 2 atom stereocenters. The number of benzene rings is 2. The topological polar surface area (TPSA) is 45.7 Å². The van der Waals surface area contributed by atoms with Crippen molar-refractivity contribution in [3.05, 3.63) is 65.7 Å². The van der Waals surface area contributed by atoms with E-state index < -0.39 is 17.7 Å². The molecule has 0 bridgehead atoms. The number of hydrogen-bond acceptors (Lipinski definition) is 1. The van der Waals surface area contributed by atoms with E-state index in [-0.39, 0.29) is 17.6 Å². The average Bonchev–Trinajstić information content (AvgIpc) is 2.50. The first-order chi connectivity index (χ1) is 10.5. The molecule has 0 saturated carbocycles. The third kappa shape index (κ3) is 4.11. The van der Waals surface area contributed by atoms with Crippen molar-refractivity contribution in [3.63, 3.8) is 0 Å². The van der Waals surface area contributed by atoms with Crippen LogP contribution < -0.4 is 10.6 Å². The summed E-state index contributed by atoms with van der Waals surface area (Å²) in [6.07, 6.45) is 0. The van der Waals surface area contributed by atoms with Gasteiger partial charge in [0, 0.05) is 11.6 Å². The minimum absolute atomic E-state index is 0.0148. The molecule has 22 heavy (non-hydrogen) atoms. The Morgan fingerprint density at radius 1 is 1.09 bits per heavy atom. The Bertz CT molecular complexity index is 646. The zero-order valence-electron chi connectivity index (χ0n) is 12.5. The number of quaternary nitrogens is 1. The van der Waals surface area contributed by atoms with Crippen molar-refractivity contribution in [1.29, 1.82) is 0 Å². The van der Waals surface area contributed by atoms with Crippen LogP contribution in [0.4, 0.5) is 14.5 Å². The fourth-order valence-electron chi connectivity index (χ4n) is 2.23. The molecule has 0 saturated heterocycles. The van der Waals surface area contributed by atoms with Crippen LogP contribution in [0.15, 0.2) is 48.5 Å². The zero-order chi connectivity index (χ0) is 16.1. The molecular weight excluding hydrogens is 286 g/mol. The highest BCUT2D eigenvalue weighted by molar-refractivity contribution is 5.93. The first kappa shape index (κ1) is 16.1. The fraction of sp³-hybridized carbons (Fsp3) is 0.235. The van der Waals surface area contributed by atoms with Gasteiger partial charge in [-0.2, -0.15) is 0 Å². The summed E-state index contributed by atoms with van der Waals surface area (Å²) in [6, 6.07) is 12.6. The summed E-state index contributed by atoms with van der Waals surface area (Å²) in [5, 5.41) is 4.38. The molecule has 116 valence electrons. The van der Waals surface area contributed by atoms with E-state index in [1.165, 1.54) is 6.07 Å². The molecule has 2 aromatic carbocycles. The molecule has 3 nitrogen and oxygen atoms in total. The Kier molecular flexibility index (Phi) is 5.22. The van der Waals surface area contributed by atoms with Crippen LogP contribution in [0.3, 0.4) is 0 Å². The lowest BCUT2D eigenvalue weighted by molar-refractivity contribution is -0.709. The minimum Gasteiger partial charge on any atom is -0.330 e. The van der Waals surface area contributed by atoms with Crippen molar-refractivity contribution >= 4 is 11.6 Å². The minimum atomic E-state index is -0.781. The van der Waals surface area contributed by atoms with Gasteiger partial charge in [0.15, 0.2) is 6.04 Å². The second kappa shape index (κ2) is 7.13. The molecular formula is C17H19F2N2O+. The Labute approximate surface area is 128 Å². The standard InChI is InChI=1S/C17H18F2N2O/c1-11(13-6-4-3-5-7-13)20-12(2)17(22)21-16-9-8-14(18)10-15(16)19/h3-12,20H,1-2H3,(H,21,22)/p+1/t11-,12-/m1/s1. The molecule has 2 rings (SSSR count). The average molecular weight is 305 g/mol. The van der Waals surface area contributed by atoms with Gasteiger partial charge in [-0.15, -0.1) is 0 Å². The third-order valence-electron chi connectivity index (χ3n) is 3.51. The SMILES string of the molecule is C[C@@H]([NH2+][C@H](C)c1ccccc1)C(=O)Nc1ccc(F)cc1F. The summed E-state index contributed by atoms with van der Waals surface area (Å²) in [4.78, 5) is 12.1. The van der Waals surface area contributed by atoms with E-state index in [0.29, 0.717) is 0 Å². The largest absolute Gasteiger partial charge is 0.330 e. The lowest BCUT2D eigenvalue weighted by atomic mass is 10.1. The highest BCUT2D eigenvalue weighted by Gasteiger charge is 2.21. The van der Waals surface area contributed by atoms with Crippen molar-refractivity contribution in [3.8, 4) is 0 Å². The quantitative estimate of drug-likeness (QED) is 0.876. The van der Waals surface area contributed by atoms with E-state index in [1.54, 1.807) is 6.92 Å². The van der Waals surface area contributed by atoms with Crippen LogP contribution in [0.2, 0.25) is 0 Å². The van der Waals surface area contributed by atoms with Gasteiger partial charge in [-0.1, -0.05) is 30.3 Å². The van der Waals surface area contributed by atoms with Gasteiger partial charge in [0.25, 0.3) is 5.91 Å². The van der Waals surface area contributed by atoms with E-state index in [1.807, 2.05) is 42.6 Å². The number of hydrogen-bond donors (Lipinski definition) is 2. The van der Waals surface area contributed by atoms with Gasteiger partial charge in [0.05, 0.1) is 5.69 Å². The maximum atomic E-state index is 13.5. The van der Waals surface area contributed by atoms with Gasteiger partial charge in [-0.3, -0.25) is 4.79 Å². The zero-order valence-corrected chi connectivity index (χ0v) is 12.5. The summed E-state index contributed by atoms with van der Waals surface area (Å²) < 4.78 is 26.4. The summed E-state index contributed by atoms with van der Waals surface area (Å²) in [5.41, 5.74) is 1.09. The molecule has 0 unspecified atom stereocenters. The van der Waals surface area contributed by atoms with Crippen LogP contribution in [-0.2, 0) is 4.79 Å². The number of nitrogens with one attached hydrogen (secondary N) is 1. The molecule has 0 aliphatic carbocycles. The number of rotatable bonds is 5. The number of anilines is 1. The Balaban J connectivity index is 1.97. The number of carbonyl (C=O) groups excluding carboxylic acids is 1. The molecule has 0 heterocycles. The Hall–Kier alpha value is -2.27. The summed E-state index contributed by atoms with van der Waals surface area (Å²) in [6.45, 7) is 3.74. The summed E-state index contributed by atoms with van der Waals surface area (Å²) in [5.74, 6) is -1.78. The fourth-order valence-corrected chi connectivity index (χ4v) is 2.23. The van der Waals surface area contributed by atoms with Crippen molar-refractivity contribution in [2.75, 3.05) is 5.32 Å². The second-order valence-corrected chi connectivity index (χ2v) is 5.29. The monoisotopic (exact) mass is 305 g/mol. The maximum absolute atomic E-state index is 13.5. The molecule has 0 fully saturated rings. The predicted molar refractivity (Wildman–Crippen MR) is 81.2 cm³/mol. The number of amides is 1. The van der Waals surface area contributed by atoms with E-state index in [9.17, 15) is 13.6 Å². The van der Waals surface area contributed by atoms with Crippen LogP contribution in [-0.4, -0.2) is 11.9 Å². The van der Waals surface area contributed by atoms with Gasteiger partial charge in [-0.25, -0.2) is 8.78 Å². The lowest BCUT2D eigenvalue weighted by Gasteiger charge is -2.17. The van der Waals surface area contributed by atoms with Crippen molar-refractivity contribution in [2.24, 2.45) is 0 Å².